The standard InChI is InChI=1S/C11H15N5O.ClH/c1-2-3-11(12)17-10-6-4-9(5-7-10)16-8-13-14-15-16;/h4-8,11H,2-3,12H2,1H3;1H. The van der Waals surface area contributed by atoms with E-state index in [4.69, 9.17) is 10.5 Å². The first-order valence-corrected chi connectivity index (χ1v) is 5.55. The number of nitrogens with two attached hydrogens (primary N) is 1. The average Bonchev–Trinajstić information content (AvgIpc) is 2.84. The van der Waals surface area contributed by atoms with Crippen LogP contribution in [0.25, 0.3) is 5.69 Å². The van der Waals surface area contributed by atoms with Crippen LogP contribution in [0.4, 0.5) is 0 Å². The van der Waals surface area contributed by atoms with E-state index in [9.17, 15) is 0 Å². The SMILES string of the molecule is CCCC(N)Oc1ccc(-n2cnnn2)cc1.Cl. The van der Waals surface area contributed by atoms with Gasteiger partial charge in [0, 0.05) is 0 Å². The van der Waals surface area contributed by atoms with E-state index in [0.717, 1.165) is 24.3 Å². The van der Waals surface area contributed by atoms with Gasteiger partial charge in [-0.1, -0.05) is 13.3 Å². The Morgan fingerprint density at radius 3 is 2.61 bits per heavy atom. The van der Waals surface area contributed by atoms with Crippen molar-refractivity contribution in [2.75, 3.05) is 0 Å². The zero-order valence-electron chi connectivity index (χ0n) is 10.1. The first-order valence-electron chi connectivity index (χ1n) is 5.55. The Balaban J connectivity index is 0.00000162. The van der Waals surface area contributed by atoms with Crippen LogP contribution in [0.15, 0.2) is 30.6 Å². The fourth-order valence-corrected chi connectivity index (χ4v) is 1.48. The summed E-state index contributed by atoms with van der Waals surface area (Å²) in [6.45, 7) is 2.07. The van der Waals surface area contributed by atoms with Gasteiger partial charge >= 0.3 is 0 Å². The number of ether oxygens (including phenoxy) is 1. The van der Waals surface area contributed by atoms with E-state index in [-0.39, 0.29) is 18.6 Å². The molecule has 2 N–H and O–H groups in total. The molecule has 2 aromatic rings. The van der Waals surface area contributed by atoms with E-state index in [0.29, 0.717) is 0 Å². The largest absolute Gasteiger partial charge is 0.476 e. The van der Waals surface area contributed by atoms with Crippen LogP contribution in [0.2, 0.25) is 0 Å². The highest BCUT2D eigenvalue weighted by Gasteiger charge is 2.03. The topological polar surface area (TPSA) is 78.9 Å². The molecule has 98 valence electrons. The Kier molecular flexibility index (Phi) is 5.54. The molecular formula is C11H16ClN5O. The highest BCUT2D eigenvalue weighted by molar-refractivity contribution is 5.85. The molecule has 0 saturated heterocycles. The van der Waals surface area contributed by atoms with Crippen molar-refractivity contribution in [2.24, 2.45) is 5.73 Å². The monoisotopic (exact) mass is 269 g/mol. The highest BCUT2D eigenvalue weighted by Crippen LogP contribution is 2.15. The molecule has 0 bridgehead atoms. The molecule has 7 heteroatoms. The molecule has 0 fully saturated rings. The van der Waals surface area contributed by atoms with Crippen molar-refractivity contribution in [3.63, 3.8) is 0 Å². The van der Waals surface area contributed by atoms with Crippen molar-refractivity contribution < 1.29 is 4.74 Å². The van der Waals surface area contributed by atoms with Gasteiger partial charge in [0.05, 0.1) is 5.69 Å². The maximum Gasteiger partial charge on any atom is 0.147 e. The number of nitrogens with zero attached hydrogens (tertiary/aromatic N) is 4. The average molecular weight is 270 g/mol. The molecule has 1 aromatic carbocycles. The lowest BCUT2D eigenvalue weighted by Crippen LogP contribution is -2.26. The quantitative estimate of drug-likeness (QED) is 0.833. The van der Waals surface area contributed by atoms with Gasteiger partial charge in [-0.25, -0.2) is 4.68 Å². The summed E-state index contributed by atoms with van der Waals surface area (Å²) in [5.74, 6) is 0.753. The fourth-order valence-electron chi connectivity index (χ4n) is 1.48. The Labute approximate surface area is 112 Å². The highest BCUT2D eigenvalue weighted by atomic mass is 35.5. The number of aromatic nitrogens is 4. The van der Waals surface area contributed by atoms with Gasteiger partial charge in [-0.05, 0) is 41.1 Å². The van der Waals surface area contributed by atoms with Gasteiger partial charge in [-0.15, -0.1) is 17.5 Å². The molecule has 0 saturated carbocycles. The lowest BCUT2D eigenvalue weighted by Gasteiger charge is -2.13. The second-order valence-electron chi connectivity index (χ2n) is 3.69. The van der Waals surface area contributed by atoms with Gasteiger partial charge in [0.1, 0.15) is 18.3 Å². The Hall–Kier alpha value is -1.66. The van der Waals surface area contributed by atoms with E-state index in [2.05, 4.69) is 22.4 Å². The number of halogens is 1. The minimum absolute atomic E-state index is 0. The number of hydrogen-bond acceptors (Lipinski definition) is 5. The summed E-state index contributed by atoms with van der Waals surface area (Å²) in [7, 11) is 0. The molecule has 0 spiro atoms. The van der Waals surface area contributed by atoms with Crippen LogP contribution in [-0.2, 0) is 0 Å². The second kappa shape index (κ2) is 6.93. The molecule has 18 heavy (non-hydrogen) atoms. The van der Waals surface area contributed by atoms with Crippen molar-refractivity contribution in [1.29, 1.82) is 0 Å². The molecule has 1 unspecified atom stereocenters. The number of rotatable bonds is 5. The summed E-state index contributed by atoms with van der Waals surface area (Å²) in [5, 5.41) is 10.9. The summed E-state index contributed by atoms with van der Waals surface area (Å²) in [6.07, 6.45) is 3.14. The van der Waals surface area contributed by atoms with Crippen molar-refractivity contribution in [3.8, 4) is 11.4 Å². The van der Waals surface area contributed by atoms with Crippen molar-refractivity contribution in [2.45, 2.75) is 26.0 Å². The zero-order chi connectivity index (χ0) is 12.1. The third kappa shape index (κ3) is 3.68. The fraction of sp³-hybridized carbons (Fsp3) is 0.364. The second-order valence-corrected chi connectivity index (χ2v) is 3.69. The summed E-state index contributed by atoms with van der Waals surface area (Å²) in [5.41, 5.74) is 6.67. The van der Waals surface area contributed by atoms with Crippen LogP contribution < -0.4 is 10.5 Å². The molecule has 0 amide bonds. The number of hydrogen-bond donors (Lipinski definition) is 1. The summed E-state index contributed by atoms with van der Waals surface area (Å²) in [4.78, 5) is 0. The van der Waals surface area contributed by atoms with E-state index in [1.807, 2.05) is 24.3 Å². The third-order valence-electron chi connectivity index (χ3n) is 2.31. The Bertz CT molecular complexity index is 445. The van der Waals surface area contributed by atoms with Gasteiger partial charge in [0.15, 0.2) is 0 Å². The van der Waals surface area contributed by atoms with E-state index < -0.39 is 0 Å². The van der Waals surface area contributed by atoms with E-state index >= 15 is 0 Å². The van der Waals surface area contributed by atoms with Crippen LogP contribution in [0.1, 0.15) is 19.8 Å². The molecular weight excluding hydrogens is 254 g/mol. The molecule has 0 radical (unpaired) electrons. The lowest BCUT2D eigenvalue weighted by atomic mass is 10.3. The molecule has 1 heterocycles. The summed E-state index contributed by atoms with van der Waals surface area (Å²) >= 11 is 0. The smallest absolute Gasteiger partial charge is 0.147 e. The molecule has 0 aliphatic carbocycles. The predicted molar refractivity (Wildman–Crippen MR) is 69.9 cm³/mol. The maximum atomic E-state index is 5.79. The number of tetrazole rings is 1. The van der Waals surface area contributed by atoms with Crippen molar-refractivity contribution >= 4 is 12.4 Å². The normalized spacial score (nSPS) is 11.7. The predicted octanol–water partition coefficient (Wildman–Crippen LogP) is 1.55. The lowest BCUT2D eigenvalue weighted by molar-refractivity contribution is 0.197. The van der Waals surface area contributed by atoms with Gasteiger partial charge in [-0.3, -0.25) is 5.73 Å². The Morgan fingerprint density at radius 2 is 2.06 bits per heavy atom. The maximum absolute atomic E-state index is 5.79. The molecule has 6 nitrogen and oxygen atoms in total. The molecule has 1 aromatic heterocycles. The molecule has 2 rings (SSSR count). The van der Waals surface area contributed by atoms with Crippen LogP contribution in [0.3, 0.4) is 0 Å². The minimum atomic E-state index is -0.251. The van der Waals surface area contributed by atoms with Crippen molar-refractivity contribution in [1.82, 2.24) is 20.2 Å². The van der Waals surface area contributed by atoms with Gasteiger partial charge in [0.2, 0.25) is 0 Å². The van der Waals surface area contributed by atoms with Crippen LogP contribution in [-0.4, -0.2) is 26.4 Å². The van der Waals surface area contributed by atoms with Crippen LogP contribution in [0.5, 0.6) is 5.75 Å². The molecule has 0 aliphatic rings. The van der Waals surface area contributed by atoms with Crippen molar-refractivity contribution in [3.05, 3.63) is 30.6 Å². The van der Waals surface area contributed by atoms with Crippen LogP contribution >= 0.6 is 12.4 Å². The molecule has 0 aliphatic heterocycles. The van der Waals surface area contributed by atoms with Gasteiger partial charge in [0.25, 0.3) is 0 Å². The zero-order valence-corrected chi connectivity index (χ0v) is 10.9. The summed E-state index contributed by atoms with van der Waals surface area (Å²) in [6, 6.07) is 7.47. The minimum Gasteiger partial charge on any atom is -0.476 e. The Morgan fingerprint density at radius 1 is 1.33 bits per heavy atom. The van der Waals surface area contributed by atoms with Gasteiger partial charge in [-0.2, -0.15) is 0 Å². The molecule has 1 atom stereocenters. The third-order valence-corrected chi connectivity index (χ3v) is 2.31. The van der Waals surface area contributed by atoms with Crippen LogP contribution in [0, 0.1) is 0 Å². The van der Waals surface area contributed by atoms with E-state index in [1.165, 1.54) is 0 Å². The first kappa shape index (κ1) is 14.4. The number of benzene rings is 1. The van der Waals surface area contributed by atoms with Gasteiger partial charge < -0.3 is 4.74 Å². The summed E-state index contributed by atoms with van der Waals surface area (Å²) < 4.78 is 7.12. The van der Waals surface area contributed by atoms with E-state index in [1.54, 1.807) is 11.0 Å². The first-order chi connectivity index (χ1) is 8.29.